The van der Waals surface area contributed by atoms with Gasteiger partial charge < -0.3 is 20.9 Å². The molecule has 0 heterocycles. The van der Waals surface area contributed by atoms with Gasteiger partial charge in [-0.25, -0.2) is 4.79 Å². The third-order valence-corrected chi connectivity index (χ3v) is 6.54. The summed E-state index contributed by atoms with van der Waals surface area (Å²) in [6, 6.07) is 23.9. The van der Waals surface area contributed by atoms with Crippen molar-refractivity contribution in [2.24, 2.45) is 5.41 Å². The Morgan fingerprint density at radius 2 is 1.52 bits per heavy atom. The minimum atomic E-state index is -0.880. The predicted molar refractivity (Wildman–Crippen MR) is 157 cm³/mol. The number of hydrogen-bond acceptors (Lipinski definition) is 6. The number of nitrogen functional groups attached to an aromatic ring is 1. The van der Waals surface area contributed by atoms with Crippen molar-refractivity contribution in [1.82, 2.24) is 0 Å². The molecule has 5 N–H and O–H groups in total. The molecule has 2 amide bonds. The molecular formula is C32H31N3O5. The zero-order chi connectivity index (χ0) is 28.9. The second kappa shape index (κ2) is 11.7. The Morgan fingerprint density at radius 1 is 0.875 bits per heavy atom. The highest BCUT2D eigenvalue weighted by molar-refractivity contribution is 6.01. The summed E-state index contributed by atoms with van der Waals surface area (Å²) >= 11 is 0. The summed E-state index contributed by atoms with van der Waals surface area (Å²) in [6.45, 7) is 5.15. The van der Waals surface area contributed by atoms with Crippen LogP contribution in [0.15, 0.2) is 97.1 Å². The Hall–Kier alpha value is -5.11. The predicted octanol–water partition coefficient (Wildman–Crippen LogP) is 6.84. The molecule has 8 nitrogen and oxygen atoms in total. The average Bonchev–Trinajstić information content (AvgIpc) is 2.93. The standard InChI is InChI=1S/C32H31N3O5/c1-20(36)21-12-14-22(15-13-21)34-31(39)40-30(25-16-17-28(37)24-9-5-4-8-23(24)25)32(2,3)19-18-29(38)35-27-11-7-6-10-26(27)33/h4-19,30,37H,33H2,1-3H3,(H,34,39)(H,35,38)/b19-18+/t30-/m1/s1. The second-order valence-corrected chi connectivity index (χ2v) is 9.99. The maximum Gasteiger partial charge on any atom is 0.412 e. The molecule has 0 saturated carbocycles. The van der Waals surface area contributed by atoms with E-state index < -0.39 is 23.5 Å². The molecule has 0 aliphatic rings. The number of hydrogen-bond donors (Lipinski definition) is 4. The number of rotatable bonds is 8. The lowest BCUT2D eigenvalue weighted by atomic mass is 9.80. The molecule has 4 aromatic carbocycles. The number of amides is 2. The molecule has 0 aliphatic heterocycles. The molecule has 0 aromatic heterocycles. The lowest BCUT2D eigenvalue weighted by Gasteiger charge is -2.32. The van der Waals surface area contributed by atoms with Crippen LogP contribution in [0.2, 0.25) is 0 Å². The zero-order valence-corrected chi connectivity index (χ0v) is 22.5. The van der Waals surface area contributed by atoms with E-state index in [1.54, 1.807) is 72.8 Å². The monoisotopic (exact) mass is 537 g/mol. The van der Waals surface area contributed by atoms with E-state index in [9.17, 15) is 19.5 Å². The number of Topliss-reactive ketones (excluding diaryl/α,β-unsaturated/α-hetero) is 1. The summed E-state index contributed by atoms with van der Waals surface area (Å²) in [5.74, 6) is -0.377. The minimum Gasteiger partial charge on any atom is -0.507 e. The number of ketones is 1. The lowest BCUT2D eigenvalue weighted by molar-refractivity contribution is -0.112. The van der Waals surface area contributed by atoms with Crippen LogP contribution >= 0.6 is 0 Å². The van der Waals surface area contributed by atoms with E-state index in [-0.39, 0.29) is 11.5 Å². The van der Waals surface area contributed by atoms with E-state index in [0.29, 0.717) is 39.0 Å². The van der Waals surface area contributed by atoms with Crippen molar-refractivity contribution in [3.63, 3.8) is 0 Å². The number of nitrogens with one attached hydrogen (secondary N) is 2. The van der Waals surface area contributed by atoms with E-state index >= 15 is 0 Å². The minimum absolute atomic E-state index is 0.0825. The van der Waals surface area contributed by atoms with Crippen LogP contribution in [-0.2, 0) is 9.53 Å². The number of aromatic hydroxyl groups is 1. The summed E-state index contributed by atoms with van der Waals surface area (Å²) in [5.41, 5.74) is 7.62. The first-order chi connectivity index (χ1) is 19.0. The van der Waals surface area contributed by atoms with Crippen LogP contribution in [0.1, 0.15) is 42.8 Å². The van der Waals surface area contributed by atoms with Crippen LogP contribution in [0.4, 0.5) is 21.9 Å². The molecule has 0 fully saturated rings. The van der Waals surface area contributed by atoms with Crippen molar-refractivity contribution in [1.29, 1.82) is 0 Å². The summed E-state index contributed by atoms with van der Waals surface area (Å²) in [7, 11) is 0. The molecule has 4 aromatic rings. The van der Waals surface area contributed by atoms with Crippen molar-refractivity contribution in [3.05, 3.63) is 108 Å². The summed E-state index contributed by atoms with van der Waals surface area (Å²) in [4.78, 5) is 37.4. The Kier molecular flexibility index (Phi) is 8.19. The third kappa shape index (κ3) is 6.47. The van der Waals surface area contributed by atoms with Gasteiger partial charge in [0.05, 0.1) is 11.4 Å². The number of anilines is 3. The van der Waals surface area contributed by atoms with Gasteiger partial charge in [-0.1, -0.05) is 62.4 Å². The Morgan fingerprint density at radius 3 is 2.20 bits per heavy atom. The highest BCUT2D eigenvalue weighted by Gasteiger charge is 2.34. The van der Waals surface area contributed by atoms with E-state index in [4.69, 9.17) is 10.5 Å². The second-order valence-electron chi connectivity index (χ2n) is 9.99. The fourth-order valence-electron chi connectivity index (χ4n) is 4.36. The maximum atomic E-state index is 13.1. The maximum absolute atomic E-state index is 13.1. The fourth-order valence-corrected chi connectivity index (χ4v) is 4.36. The molecule has 4 rings (SSSR count). The number of carbonyl (C=O) groups excluding carboxylic acids is 3. The highest BCUT2D eigenvalue weighted by Crippen LogP contribution is 2.42. The quantitative estimate of drug-likeness (QED) is 0.111. The van der Waals surface area contributed by atoms with E-state index in [2.05, 4.69) is 10.6 Å². The first-order valence-corrected chi connectivity index (χ1v) is 12.7. The number of para-hydroxylation sites is 2. The number of fused-ring (bicyclic) bond motifs is 1. The van der Waals surface area contributed by atoms with Crippen LogP contribution in [0.5, 0.6) is 5.75 Å². The Bertz CT molecular complexity index is 1590. The molecule has 0 saturated heterocycles. The van der Waals surface area contributed by atoms with Gasteiger partial charge in [0.1, 0.15) is 11.9 Å². The van der Waals surface area contributed by atoms with Gasteiger partial charge in [-0.15, -0.1) is 0 Å². The first kappa shape index (κ1) is 27.9. The van der Waals surface area contributed by atoms with Gasteiger partial charge in [-0.05, 0) is 60.9 Å². The smallest absolute Gasteiger partial charge is 0.412 e. The molecule has 0 bridgehead atoms. The van der Waals surface area contributed by atoms with Crippen LogP contribution in [0.3, 0.4) is 0 Å². The van der Waals surface area contributed by atoms with Gasteiger partial charge in [-0.3, -0.25) is 14.9 Å². The topological polar surface area (TPSA) is 131 Å². The van der Waals surface area contributed by atoms with Gasteiger partial charge in [0.15, 0.2) is 5.78 Å². The lowest BCUT2D eigenvalue weighted by Crippen LogP contribution is -2.28. The molecule has 8 heteroatoms. The van der Waals surface area contributed by atoms with E-state index in [0.717, 1.165) is 0 Å². The number of phenols is 1. The van der Waals surface area contributed by atoms with E-state index in [1.807, 2.05) is 32.0 Å². The van der Waals surface area contributed by atoms with Gasteiger partial charge in [-0.2, -0.15) is 0 Å². The first-order valence-electron chi connectivity index (χ1n) is 12.7. The van der Waals surface area contributed by atoms with Gasteiger partial charge in [0.2, 0.25) is 5.91 Å². The van der Waals surface area contributed by atoms with Gasteiger partial charge in [0.25, 0.3) is 0 Å². The molecule has 204 valence electrons. The van der Waals surface area contributed by atoms with E-state index in [1.165, 1.54) is 13.0 Å². The number of phenolic OH excluding ortho intramolecular Hbond substituents is 1. The van der Waals surface area contributed by atoms with Crippen molar-refractivity contribution >= 4 is 45.6 Å². The van der Waals surface area contributed by atoms with Crippen molar-refractivity contribution in [2.75, 3.05) is 16.4 Å². The molecule has 0 radical (unpaired) electrons. The van der Waals surface area contributed by atoms with Crippen LogP contribution in [0.25, 0.3) is 10.8 Å². The largest absolute Gasteiger partial charge is 0.507 e. The van der Waals surface area contributed by atoms with Crippen molar-refractivity contribution in [3.8, 4) is 5.75 Å². The normalized spacial score (nSPS) is 12.2. The van der Waals surface area contributed by atoms with Crippen LogP contribution in [0, 0.1) is 5.41 Å². The molecule has 40 heavy (non-hydrogen) atoms. The van der Waals surface area contributed by atoms with Crippen LogP contribution < -0.4 is 16.4 Å². The molecule has 1 atom stereocenters. The van der Waals surface area contributed by atoms with Gasteiger partial charge >= 0.3 is 6.09 Å². The Labute approximate surface area is 232 Å². The summed E-state index contributed by atoms with van der Waals surface area (Å²) in [6.07, 6.45) is 1.47. The highest BCUT2D eigenvalue weighted by atomic mass is 16.6. The van der Waals surface area contributed by atoms with Gasteiger partial charge in [0, 0.05) is 27.6 Å². The number of nitrogens with two attached hydrogens (primary N) is 1. The summed E-state index contributed by atoms with van der Waals surface area (Å²) in [5, 5.41) is 17.2. The fraction of sp³-hybridized carbons (Fsp3) is 0.156. The molecule has 0 spiro atoms. The Balaban J connectivity index is 1.64. The zero-order valence-electron chi connectivity index (χ0n) is 22.5. The third-order valence-electron chi connectivity index (χ3n) is 6.54. The number of carbonyl (C=O) groups is 3. The molecule has 0 aliphatic carbocycles. The van der Waals surface area contributed by atoms with Crippen molar-refractivity contribution in [2.45, 2.75) is 26.9 Å². The molecular weight excluding hydrogens is 506 g/mol. The SMILES string of the molecule is CC(=O)c1ccc(NC(=O)O[C@H](c2ccc(O)c3ccccc23)C(C)(C)/C=C/C(=O)Nc2ccccc2N)cc1. The molecule has 0 unspecified atom stereocenters. The summed E-state index contributed by atoms with van der Waals surface area (Å²) < 4.78 is 6.00. The van der Waals surface area contributed by atoms with Crippen LogP contribution in [-0.4, -0.2) is 22.9 Å². The number of ether oxygens (including phenoxy) is 1. The van der Waals surface area contributed by atoms with Crippen molar-refractivity contribution < 1.29 is 24.2 Å². The average molecular weight is 538 g/mol. The number of benzene rings is 4.